The molecule has 0 aliphatic heterocycles. The van der Waals surface area contributed by atoms with Gasteiger partial charge in [-0.3, -0.25) is 14.1 Å². The van der Waals surface area contributed by atoms with E-state index in [1.54, 1.807) is 44.2 Å². The molecule has 254 valence electrons. The number of rotatable bonds is 15. The van der Waals surface area contributed by atoms with Gasteiger partial charge in [-0.15, -0.1) is 6.42 Å². The molecule has 3 aromatic rings. The molecule has 1 fully saturated rings. The first kappa shape index (κ1) is 35.8. The standard InChI is InChI=1S/C31H40FN6O8P/c1-6-31(42-5,24(45-28(39)20(2)3)17-38-19-34-25-26(33)35-30(32)36-27(25)38)18-43-47(41,46-23-15-11-8-12-16-23)37-21(4)29(40)44-22-13-9-7-10-14-22/h1,8,11-12,15-16,19-22,24H,7,9-10,13-14,17-18H2,2-5H3,(H,37,41)(H2,33,35,36)/t21-,24-,31+,47?/m0/s1. The van der Waals surface area contributed by atoms with Crippen LogP contribution in [0.2, 0.25) is 0 Å². The summed E-state index contributed by atoms with van der Waals surface area (Å²) in [6.45, 7) is 3.80. The van der Waals surface area contributed by atoms with E-state index < -0.39 is 56.0 Å². The van der Waals surface area contributed by atoms with Crippen molar-refractivity contribution >= 4 is 36.7 Å². The molecule has 1 saturated carbocycles. The number of benzene rings is 1. The molecule has 2 heterocycles. The molecule has 14 nitrogen and oxygen atoms in total. The van der Waals surface area contributed by atoms with Crippen LogP contribution < -0.4 is 15.3 Å². The Bertz CT molecular complexity index is 1630. The Hall–Kier alpha value is -4.09. The molecule has 1 unspecified atom stereocenters. The number of hydrogen-bond donors (Lipinski definition) is 2. The zero-order chi connectivity index (χ0) is 34.2. The molecule has 0 radical (unpaired) electrons. The molecule has 0 spiro atoms. The third kappa shape index (κ3) is 9.04. The van der Waals surface area contributed by atoms with E-state index >= 15 is 0 Å². The topological polar surface area (TPSA) is 179 Å². The molecule has 4 rings (SSSR count). The van der Waals surface area contributed by atoms with Crippen molar-refractivity contribution < 1.29 is 41.8 Å². The minimum Gasteiger partial charge on any atom is -0.461 e. The summed E-state index contributed by atoms with van der Waals surface area (Å²) in [6.07, 6.45) is 9.13. The Kier molecular flexibility index (Phi) is 11.9. The Balaban J connectivity index is 1.63. The maximum absolute atomic E-state index is 14.3. The predicted octanol–water partition coefficient (Wildman–Crippen LogP) is 4.19. The lowest BCUT2D eigenvalue weighted by Gasteiger charge is -2.36. The number of nitrogens with one attached hydrogen (secondary N) is 1. The largest absolute Gasteiger partial charge is 0.461 e. The number of anilines is 1. The summed E-state index contributed by atoms with van der Waals surface area (Å²) in [4.78, 5) is 37.3. The fourth-order valence-electron chi connectivity index (χ4n) is 4.91. The maximum Gasteiger partial charge on any atom is 0.459 e. The number of nitrogens with zero attached hydrogens (tertiary/aromatic N) is 4. The van der Waals surface area contributed by atoms with Gasteiger partial charge in [0.25, 0.3) is 0 Å². The molecule has 2 aromatic heterocycles. The van der Waals surface area contributed by atoms with Gasteiger partial charge in [0.2, 0.25) is 0 Å². The van der Waals surface area contributed by atoms with Gasteiger partial charge in [-0.1, -0.05) is 44.4 Å². The highest BCUT2D eigenvalue weighted by Crippen LogP contribution is 2.46. The van der Waals surface area contributed by atoms with Crippen LogP contribution in [0.15, 0.2) is 36.7 Å². The van der Waals surface area contributed by atoms with Gasteiger partial charge in [0, 0.05) is 7.11 Å². The number of aromatic nitrogens is 4. The van der Waals surface area contributed by atoms with E-state index in [0.717, 1.165) is 32.1 Å². The van der Waals surface area contributed by atoms with Crippen LogP contribution in [0.25, 0.3) is 11.2 Å². The van der Waals surface area contributed by atoms with Crippen molar-refractivity contribution in [3.63, 3.8) is 0 Å². The lowest BCUT2D eigenvalue weighted by molar-refractivity contribution is -0.170. The summed E-state index contributed by atoms with van der Waals surface area (Å²) in [5.41, 5.74) is 4.03. The second kappa shape index (κ2) is 15.7. The van der Waals surface area contributed by atoms with Crippen molar-refractivity contribution in [2.24, 2.45) is 5.92 Å². The fraction of sp³-hybridized carbons (Fsp3) is 0.516. The molecular weight excluding hydrogens is 634 g/mol. The number of nitrogen functional groups attached to an aromatic ring is 1. The number of para-hydroxylation sites is 1. The molecule has 1 aliphatic carbocycles. The number of carbonyl (C=O) groups excluding carboxylic acids is 2. The van der Waals surface area contributed by atoms with Crippen molar-refractivity contribution in [3.8, 4) is 18.1 Å². The zero-order valence-electron chi connectivity index (χ0n) is 26.8. The highest BCUT2D eigenvalue weighted by Gasteiger charge is 2.45. The number of fused-ring (bicyclic) bond motifs is 1. The summed E-state index contributed by atoms with van der Waals surface area (Å²) < 4.78 is 58.6. The van der Waals surface area contributed by atoms with E-state index in [0.29, 0.717) is 0 Å². The van der Waals surface area contributed by atoms with Crippen LogP contribution in [0.3, 0.4) is 0 Å². The molecule has 0 saturated heterocycles. The number of halogens is 1. The number of carbonyl (C=O) groups is 2. The first-order valence-electron chi connectivity index (χ1n) is 15.2. The number of nitrogens with two attached hydrogens (primary N) is 1. The first-order valence-corrected chi connectivity index (χ1v) is 16.8. The van der Waals surface area contributed by atoms with Crippen LogP contribution in [0.5, 0.6) is 5.75 Å². The highest BCUT2D eigenvalue weighted by atomic mass is 31.2. The number of esters is 2. The second-order valence-electron chi connectivity index (χ2n) is 11.5. The number of imidazole rings is 1. The van der Waals surface area contributed by atoms with E-state index in [1.807, 2.05) is 0 Å². The third-order valence-electron chi connectivity index (χ3n) is 7.64. The molecule has 0 bridgehead atoms. The van der Waals surface area contributed by atoms with Crippen LogP contribution in [0.4, 0.5) is 10.2 Å². The van der Waals surface area contributed by atoms with Crippen molar-refractivity contribution in [2.45, 2.75) is 83.3 Å². The summed E-state index contributed by atoms with van der Waals surface area (Å²) in [6, 6.07) is 7.06. The van der Waals surface area contributed by atoms with Crippen molar-refractivity contribution in [1.29, 1.82) is 0 Å². The summed E-state index contributed by atoms with van der Waals surface area (Å²) >= 11 is 0. The second-order valence-corrected chi connectivity index (χ2v) is 13.2. The van der Waals surface area contributed by atoms with Crippen molar-refractivity contribution in [2.75, 3.05) is 19.5 Å². The van der Waals surface area contributed by atoms with Crippen LogP contribution in [-0.2, 0) is 39.4 Å². The molecule has 1 aliphatic rings. The van der Waals surface area contributed by atoms with E-state index in [9.17, 15) is 18.5 Å². The van der Waals surface area contributed by atoms with Crippen LogP contribution >= 0.6 is 7.75 Å². The Morgan fingerprint density at radius 3 is 2.51 bits per heavy atom. The predicted molar refractivity (Wildman–Crippen MR) is 169 cm³/mol. The molecule has 47 heavy (non-hydrogen) atoms. The normalized spacial score (nSPS) is 17.6. The Morgan fingerprint density at radius 1 is 1.17 bits per heavy atom. The van der Waals surface area contributed by atoms with Gasteiger partial charge in [0.1, 0.15) is 30.0 Å². The van der Waals surface area contributed by atoms with Crippen molar-refractivity contribution in [1.82, 2.24) is 24.6 Å². The van der Waals surface area contributed by atoms with Gasteiger partial charge in [-0.05, 0) is 44.7 Å². The highest BCUT2D eigenvalue weighted by molar-refractivity contribution is 7.52. The summed E-state index contributed by atoms with van der Waals surface area (Å²) in [5, 5.41) is 2.65. The lowest BCUT2D eigenvalue weighted by Crippen LogP contribution is -2.52. The molecule has 0 amide bonds. The molecule has 4 atom stereocenters. The first-order chi connectivity index (χ1) is 22.4. The monoisotopic (exact) mass is 674 g/mol. The number of terminal acetylenes is 1. The van der Waals surface area contributed by atoms with E-state index in [-0.39, 0.29) is 35.4 Å². The fourth-order valence-corrected chi connectivity index (χ4v) is 6.43. The van der Waals surface area contributed by atoms with Gasteiger partial charge in [0.05, 0.1) is 18.8 Å². The van der Waals surface area contributed by atoms with Gasteiger partial charge < -0.3 is 29.0 Å². The lowest BCUT2D eigenvalue weighted by atomic mass is 9.97. The van der Waals surface area contributed by atoms with Crippen LogP contribution in [0.1, 0.15) is 52.9 Å². The molecule has 3 N–H and O–H groups in total. The number of hydrogen-bond acceptors (Lipinski definition) is 12. The molecule has 16 heteroatoms. The number of methoxy groups -OCH3 is 1. The van der Waals surface area contributed by atoms with Gasteiger partial charge in [-0.25, -0.2) is 9.55 Å². The third-order valence-corrected chi connectivity index (χ3v) is 9.27. The average Bonchev–Trinajstić information content (AvgIpc) is 3.45. The van der Waals surface area contributed by atoms with Crippen LogP contribution in [0, 0.1) is 24.3 Å². The van der Waals surface area contributed by atoms with E-state index in [4.69, 9.17) is 35.4 Å². The van der Waals surface area contributed by atoms with Crippen LogP contribution in [-0.4, -0.2) is 69.0 Å². The smallest absolute Gasteiger partial charge is 0.459 e. The molecular formula is C31H40FN6O8P. The number of ether oxygens (including phenoxy) is 3. The van der Waals surface area contributed by atoms with Gasteiger partial charge in [0.15, 0.2) is 23.2 Å². The minimum atomic E-state index is -4.42. The summed E-state index contributed by atoms with van der Waals surface area (Å²) in [5.74, 6) is 0.606. The quantitative estimate of drug-likeness (QED) is 0.102. The van der Waals surface area contributed by atoms with Crippen molar-refractivity contribution in [3.05, 3.63) is 42.7 Å². The average molecular weight is 675 g/mol. The van der Waals surface area contributed by atoms with Gasteiger partial charge >= 0.3 is 25.8 Å². The Labute approximate surface area is 272 Å². The molecule has 1 aromatic carbocycles. The summed E-state index contributed by atoms with van der Waals surface area (Å²) in [7, 11) is -3.16. The zero-order valence-corrected chi connectivity index (χ0v) is 27.7. The van der Waals surface area contributed by atoms with E-state index in [1.165, 1.54) is 24.9 Å². The Morgan fingerprint density at radius 2 is 1.87 bits per heavy atom. The SMILES string of the molecule is C#C[C@](COP(=O)(N[C@@H](C)C(=O)OC1CCCCC1)Oc1ccccc1)(OC)[C@H](Cn1cnc2c(N)nc(F)nc21)OC(=O)C(C)C. The maximum atomic E-state index is 14.3. The van der Waals surface area contributed by atoms with Gasteiger partial charge in [-0.2, -0.15) is 19.4 Å². The van der Waals surface area contributed by atoms with E-state index in [2.05, 4.69) is 26.0 Å². The minimum absolute atomic E-state index is 0.00795.